The third kappa shape index (κ3) is 2.67. The average molecular weight is 277 g/mol. The molecule has 1 aromatic carbocycles. The van der Waals surface area contributed by atoms with Gasteiger partial charge in [-0.1, -0.05) is 25.4 Å². The van der Waals surface area contributed by atoms with E-state index in [-0.39, 0.29) is 22.8 Å². The van der Waals surface area contributed by atoms with E-state index in [1.807, 2.05) is 0 Å². The van der Waals surface area contributed by atoms with Crippen molar-refractivity contribution in [1.29, 1.82) is 0 Å². The first-order valence-electron chi connectivity index (χ1n) is 5.18. The summed E-state index contributed by atoms with van der Waals surface area (Å²) in [6, 6.07) is 0.835. The van der Waals surface area contributed by atoms with Crippen LogP contribution in [-0.2, 0) is 10.2 Å². The Morgan fingerprint density at radius 2 is 2.11 bits per heavy atom. The molecule has 0 aliphatic carbocycles. The van der Waals surface area contributed by atoms with E-state index >= 15 is 0 Å². The Morgan fingerprint density at radius 3 is 2.56 bits per heavy atom. The second-order valence-corrected chi connectivity index (χ2v) is 4.93. The molecular formula is C12H14ClFO4. The molecule has 4 nitrogen and oxygen atoms in total. The Hall–Kier alpha value is -1.49. The molecule has 0 atom stereocenters. The van der Waals surface area contributed by atoms with Gasteiger partial charge in [-0.3, -0.25) is 4.79 Å². The van der Waals surface area contributed by atoms with Crippen molar-refractivity contribution in [2.45, 2.75) is 25.7 Å². The number of halogens is 2. The predicted octanol–water partition coefficient (Wildman–Crippen LogP) is 2.95. The molecule has 18 heavy (non-hydrogen) atoms. The van der Waals surface area contributed by atoms with Gasteiger partial charge in [0.15, 0.2) is 11.5 Å². The molecule has 0 radical (unpaired) electrons. The Balaban J connectivity index is 3.51. The largest absolute Gasteiger partial charge is 0.504 e. The number of aliphatic carboxylic acids is 1. The van der Waals surface area contributed by atoms with Crippen LogP contribution in [0.4, 0.5) is 4.39 Å². The van der Waals surface area contributed by atoms with Crippen LogP contribution >= 0.6 is 11.6 Å². The third-order valence-corrected chi connectivity index (χ3v) is 3.00. The summed E-state index contributed by atoms with van der Waals surface area (Å²) in [5.74, 6) is -2.29. The first-order valence-corrected chi connectivity index (χ1v) is 5.55. The van der Waals surface area contributed by atoms with Crippen molar-refractivity contribution < 1.29 is 24.1 Å². The van der Waals surface area contributed by atoms with Crippen LogP contribution in [-0.4, -0.2) is 23.3 Å². The molecule has 0 aliphatic rings. The molecule has 0 heterocycles. The highest BCUT2D eigenvalue weighted by Crippen LogP contribution is 2.45. The van der Waals surface area contributed by atoms with Gasteiger partial charge in [0.1, 0.15) is 5.82 Å². The van der Waals surface area contributed by atoms with Crippen molar-refractivity contribution in [3.8, 4) is 11.5 Å². The molecule has 6 heteroatoms. The molecule has 0 amide bonds. The van der Waals surface area contributed by atoms with Gasteiger partial charge in [0, 0.05) is 17.0 Å². The van der Waals surface area contributed by atoms with Crippen LogP contribution in [0.5, 0.6) is 11.5 Å². The fraction of sp³-hybridized carbons (Fsp3) is 0.417. The Kier molecular flexibility index (Phi) is 4.06. The topological polar surface area (TPSA) is 66.8 Å². The number of hydrogen-bond donors (Lipinski definition) is 2. The van der Waals surface area contributed by atoms with Gasteiger partial charge >= 0.3 is 5.97 Å². The van der Waals surface area contributed by atoms with E-state index in [2.05, 4.69) is 0 Å². The minimum absolute atomic E-state index is 0.00681. The van der Waals surface area contributed by atoms with E-state index in [1.54, 1.807) is 13.8 Å². The third-order valence-electron chi connectivity index (χ3n) is 2.63. The van der Waals surface area contributed by atoms with Gasteiger partial charge in [0.05, 0.1) is 18.6 Å². The van der Waals surface area contributed by atoms with Crippen LogP contribution in [0.15, 0.2) is 6.07 Å². The van der Waals surface area contributed by atoms with Gasteiger partial charge in [0.25, 0.3) is 0 Å². The molecule has 1 aromatic rings. The van der Waals surface area contributed by atoms with Gasteiger partial charge in [-0.2, -0.15) is 0 Å². The molecule has 0 unspecified atom stereocenters. The van der Waals surface area contributed by atoms with Crippen LogP contribution < -0.4 is 4.74 Å². The van der Waals surface area contributed by atoms with Gasteiger partial charge < -0.3 is 14.9 Å². The summed E-state index contributed by atoms with van der Waals surface area (Å²) in [6.07, 6.45) is -0.272. The Labute approximate surface area is 109 Å². The number of phenols is 1. The molecule has 0 aliphatic heterocycles. The summed E-state index contributed by atoms with van der Waals surface area (Å²) >= 11 is 5.86. The summed E-state index contributed by atoms with van der Waals surface area (Å²) in [7, 11) is 1.30. The molecule has 0 fully saturated rings. The van der Waals surface area contributed by atoms with Crippen LogP contribution in [0.25, 0.3) is 0 Å². The van der Waals surface area contributed by atoms with Gasteiger partial charge in [-0.25, -0.2) is 4.39 Å². The van der Waals surface area contributed by atoms with Crippen LogP contribution in [0.2, 0.25) is 5.02 Å². The van der Waals surface area contributed by atoms with E-state index in [9.17, 15) is 14.3 Å². The number of ether oxygens (including phenoxy) is 1. The van der Waals surface area contributed by atoms with Crippen molar-refractivity contribution in [2.75, 3.05) is 7.11 Å². The van der Waals surface area contributed by atoms with Crippen molar-refractivity contribution in [3.05, 3.63) is 22.5 Å². The smallest absolute Gasteiger partial charge is 0.304 e. The van der Waals surface area contributed by atoms with Gasteiger partial charge in [-0.15, -0.1) is 0 Å². The quantitative estimate of drug-likeness (QED) is 0.887. The number of carboxylic acid groups (broad SMARTS) is 1. The lowest BCUT2D eigenvalue weighted by Gasteiger charge is -2.27. The summed E-state index contributed by atoms with van der Waals surface area (Å²) in [5.41, 5.74) is -0.833. The van der Waals surface area contributed by atoms with Crippen molar-refractivity contribution in [1.82, 2.24) is 0 Å². The Morgan fingerprint density at radius 1 is 1.56 bits per heavy atom. The number of carbonyl (C=O) groups is 1. The fourth-order valence-corrected chi connectivity index (χ4v) is 2.27. The fourth-order valence-electron chi connectivity index (χ4n) is 1.87. The highest BCUT2D eigenvalue weighted by Gasteiger charge is 2.33. The maximum atomic E-state index is 13.5. The molecular weight excluding hydrogens is 263 g/mol. The number of hydrogen-bond acceptors (Lipinski definition) is 3. The molecule has 0 saturated heterocycles. The number of carboxylic acids is 1. The summed E-state index contributed by atoms with van der Waals surface area (Å²) in [6.45, 7) is 3.17. The minimum Gasteiger partial charge on any atom is -0.504 e. The van der Waals surface area contributed by atoms with E-state index in [0.717, 1.165) is 6.07 Å². The van der Waals surface area contributed by atoms with E-state index in [1.165, 1.54) is 7.11 Å². The number of aromatic hydroxyl groups is 1. The SMILES string of the molecule is COc1c(O)cc(F)c(Cl)c1C(C)(C)CC(=O)O. The first-order chi connectivity index (χ1) is 8.20. The van der Waals surface area contributed by atoms with Crippen molar-refractivity contribution in [2.24, 2.45) is 0 Å². The van der Waals surface area contributed by atoms with Crippen molar-refractivity contribution in [3.63, 3.8) is 0 Å². The number of rotatable bonds is 4. The zero-order chi connectivity index (χ0) is 14.1. The van der Waals surface area contributed by atoms with Gasteiger partial charge in [-0.05, 0) is 0 Å². The first kappa shape index (κ1) is 14.6. The molecule has 2 N–H and O–H groups in total. The summed E-state index contributed by atoms with van der Waals surface area (Å²) < 4.78 is 18.5. The normalized spacial score (nSPS) is 11.4. The minimum atomic E-state index is -1.05. The van der Waals surface area contributed by atoms with Crippen LogP contribution in [0.3, 0.4) is 0 Å². The van der Waals surface area contributed by atoms with Crippen molar-refractivity contribution >= 4 is 17.6 Å². The molecule has 0 bridgehead atoms. The van der Waals surface area contributed by atoms with Crippen LogP contribution in [0.1, 0.15) is 25.8 Å². The zero-order valence-corrected chi connectivity index (χ0v) is 11.0. The highest BCUT2D eigenvalue weighted by atomic mass is 35.5. The summed E-state index contributed by atoms with van der Waals surface area (Å²) in [5, 5.41) is 18.2. The lowest BCUT2D eigenvalue weighted by atomic mass is 9.80. The van der Waals surface area contributed by atoms with E-state index < -0.39 is 23.0 Å². The maximum absolute atomic E-state index is 13.5. The standard InChI is InChI=1S/C12H14ClFO4/c1-12(2,5-8(16)17)9-10(13)6(14)4-7(15)11(9)18-3/h4,15H,5H2,1-3H3,(H,16,17). The molecule has 0 saturated carbocycles. The van der Waals surface area contributed by atoms with Gasteiger partial charge in [0.2, 0.25) is 0 Å². The monoisotopic (exact) mass is 276 g/mol. The number of methoxy groups -OCH3 is 1. The molecule has 100 valence electrons. The number of benzene rings is 1. The number of phenolic OH excluding ortho intramolecular Hbond substituents is 1. The molecule has 1 rings (SSSR count). The second-order valence-electron chi connectivity index (χ2n) is 4.55. The zero-order valence-electron chi connectivity index (χ0n) is 10.3. The highest BCUT2D eigenvalue weighted by molar-refractivity contribution is 6.32. The average Bonchev–Trinajstić information content (AvgIpc) is 2.20. The maximum Gasteiger partial charge on any atom is 0.304 e. The molecule has 0 spiro atoms. The lowest BCUT2D eigenvalue weighted by molar-refractivity contribution is -0.138. The molecule has 0 aromatic heterocycles. The summed E-state index contributed by atoms with van der Waals surface area (Å²) in [4.78, 5) is 10.8. The Bertz CT molecular complexity index is 485. The second kappa shape index (κ2) is 5.02. The predicted molar refractivity (Wildman–Crippen MR) is 64.9 cm³/mol. The van der Waals surface area contributed by atoms with E-state index in [4.69, 9.17) is 21.4 Å². The van der Waals surface area contributed by atoms with E-state index in [0.29, 0.717) is 0 Å². The van der Waals surface area contributed by atoms with Crippen LogP contribution in [0, 0.1) is 5.82 Å². The lowest BCUT2D eigenvalue weighted by Crippen LogP contribution is -2.23.